The number of amides is 2. The maximum atomic E-state index is 12.5. The zero-order valence-electron chi connectivity index (χ0n) is 14.6. The van der Waals surface area contributed by atoms with E-state index >= 15 is 0 Å². The SMILES string of the molecule is CCOC(=O)c1ccccc1NC(=O)C1CC(=O)N(CCCOC)C1. The molecule has 7 heteroatoms. The molecule has 1 aliphatic rings. The van der Waals surface area contributed by atoms with Gasteiger partial charge in [-0.25, -0.2) is 4.79 Å². The van der Waals surface area contributed by atoms with Gasteiger partial charge < -0.3 is 19.7 Å². The van der Waals surface area contributed by atoms with Gasteiger partial charge in [-0.1, -0.05) is 12.1 Å². The molecule has 1 heterocycles. The van der Waals surface area contributed by atoms with Crippen LogP contribution in [0, 0.1) is 5.92 Å². The lowest BCUT2D eigenvalue weighted by Crippen LogP contribution is -2.29. The summed E-state index contributed by atoms with van der Waals surface area (Å²) in [5, 5.41) is 2.76. The van der Waals surface area contributed by atoms with Crippen molar-refractivity contribution in [1.29, 1.82) is 0 Å². The first-order valence-corrected chi connectivity index (χ1v) is 8.40. The second-order valence-corrected chi connectivity index (χ2v) is 5.84. The van der Waals surface area contributed by atoms with Crippen LogP contribution in [-0.4, -0.2) is 56.1 Å². The van der Waals surface area contributed by atoms with Crippen molar-refractivity contribution in [2.24, 2.45) is 5.92 Å². The summed E-state index contributed by atoms with van der Waals surface area (Å²) in [7, 11) is 1.61. The fraction of sp³-hybridized carbons (Fsp3) is 0.500. The van der Waals surface area contributed by atoms with Gasteiger partial charge in [0.15, 0.2) is 0 Å². The average Bonchev–Trinajstić information content (AvgIpc) is 2.97. The average molecular weight is 348 g/mol. The van der Waals surface area contributed by atoms with Crippen molar-refractivity contribution in [3.8, 4) is 0 Å². The van der Waals surface area contributed by atoms with E-state index in [1.54, 1.807) is 43.2 Å². The molecule has 0 aromatic heterocycles. The first-order valence-electron chi connectivity index (χ1n) is 8.40. The molecule has 2 rings (SSSR count). The standard InChI is InChI=1S/C18H24N2O5/c1-3-25-18(23)14-7-4-5-8-15(14)19-17(22)13-11-16(21)20(12-13)9-6-10-24-2/h4-5,7-8,13H,3,6,9-12H2,1-2H3,(H,19,22). The van der Waals surface area contributed by atoms with Gasteiger partial charge >= 0.3 is 5.97 Å². The smallest absolute Gasteiger partial charge is 0.340 e. The number of carbonyl (C=O) groups excluding carboxylic acids is 3. The van der Waals surface area contributed by atoms with Gasteiger partial charge in [-0.3, -0.25) is 9.59 Å². The number of anilines is 1. The van der Waals surface area contributed by atoms with Crippen LogP contribution < -0.4 is 5.32 Å². The quantitative estimate of drug-likeness (QED) is 0.571. The molecule has 2 amide bonds. The Bertz CT molecular complexity index is 632. The zero-order chi connectivity index (χ0) is 18.2. The van der Waals surface area contributed by atoms with Gasteiger partial charge in [0, 0.05) is 33.2 Å². The van der Waals surface area contributed by atoms with Crippen molar-refractivity contribution in [2.45, 2.75) is 19.8 Å². The predicted molar refractivity (Wildman–Crippen MR) is 92.2 cm³/mol. The number of carbonyl (C=O) groups is 3. The van der Waals surface area contributed by atoms with E-state index in [9.17, 15) is 14.4 Å². The molecule has 1 unspecified atom stereocenters. The van der Waals surface area contributed by atoms with Crippen LogP contribution in [-0.2, 0) is 19.1 Å². The zero-order valence-corrected chi connectivity index (χ0v) is 14.6. The highest BCUT2D eigenvalue weighted by Crippen LogP contribution is 2.22. The highest BCUT2D eigenvalue weighted by Gasteiger charge is 2.34. The second-order valence-electron chi connectivity index (χ2n) is 5.84. The first-order chi connectivity index (χ1) is 12.1. The van der Waals surface area contributed by atoms with Crippen LogP contribution >= 0.6 is 0 Å². The number of para-hydroxylation sites is 1. The van der Waals surface area contributed by atoms with Crippen LogP contribution in [0.1, 0.15) is 30.1 Å². The number of benzene rings is 1. The Morgan fingerprint density at radius 2 is 2.08 bits per heavy atom. The molecule has 1 saturated heterocycles. The maximum Gasteiger partial charge on any atom is 0.340 e. The number of nitrogens with zero attached hydrogens (tertiary/aromatic N) is 1. The maximum absolute atomic E-state index is 12.5. The Morgan fingerprint density at radius 1 is 1.32 bits per heavy atom. The molecule has 1 fully saturated rings. The lowest BCUT2D eigenvalue weighted by Gasteiger charge is -2.16. The summed E-state index contributed by atoms with van der Waals surface area (Å²) in [4.78, 5) is 38.2. The molecule has 0 spiro atoms. The first kappa shape index (κ1) is 18.9. The molecule has 0 bridgehead atoms. The van der Waals surface area contributed by atoms with E-state index in [4.69, 9.17) is 9.47 Å². The molecule has 1 N–H and O–H groups in total. The molecule has 0 saturated carbocycles. The minimum Gasteiger partial charge on any atom is -0.462 e. The third-order valence-electron chi connectivity index (χ3n) is 4.04. The van der Waals surface area contributed by atoms with Gasteiger partial charge in [0.1, 0.15) is 0 Å². The fourth-order valence-electron chi connectivity index (χ4n) is 2.78. The number of nitrogens with one attached hydrogen (secondary N) is 1. The summed E-state index contributed by atoms with van der Waals surface area (Å²) in [5.41, 5.74) is 0.704. The van der Waals surface area contributed by atoms with E-state index in [-0.39, 0.29) is 24.8 Å². The number of likely N-dealkylation sites (tertiary alicyclic amines) is 1. The molecule has 1 aliphatic heterocycles. The number of ether oxygens (including phenoxy) is 2. The van der Waals surface area contributed by atoms with E-state index in [1.165, 1.54) is 0 Å². The van der Waals surface area contributed by atoms with Crippen LogP contribution in [0.2, 0.25) is 0 Å². The summed E-state index contributed by atoms with van der Waals surface area (Å²) >= 11 is 0. The van der Waals surface area contributed by atoms with Gasteiger partial charge in [-0.15, -0.1) is 0 Å². The van der Waals surface area contributed by atoms with Crippen LogP contribution in [0.3, 0.4) is 0 Å². The minimum absolute atomic E-state index is 0.0325. The Labute approximate surface area is 147 Å². The Balaban J connectivity index is 1.99. The molecular weight excluding hydrogens is 324 g/mol. The molecule has 1 aromatic rings. The normalized spacial score (nSPS) is 16.8. The lowest BCUT2D eigenvalue weighted by molar-refractivity contribution is -0.128. The van der Waals surface area contributed by atoms with Crippen molar-refractivity contribution in [2.75, 3.05) is 38.7 Å². The Hall–Kier alpha value is -2.41. The highest BCUT2D eigenvalue weighted by molar-refractivity contribution is 6.03. The number of hydrogen-bond donors (Lipinski definition) is 1. The van der Waals surface area contributed by atoms with Crippen LogP contribution in [0.15, 0.2) is 24.3 Å². The van der Waals surface area contributed by atoms with Gasteiger partial charge in [-0.05, 0) is 25.5 Å². The van der Waals surface area contributed by atoms with E-state index in [1.807, 2.05) is 0 Å². The minimum atomic E-state index is -0.484. The molecule has 0 radical (unpaired) electrons. The number of methoxy groups -OCH3 is 1. The third kappa shape index (κ3) is 5.03. The molecule has 136 valence electrons. The fourth-order valence-corrected chi connectivity index (χ4v) is 2.78. The monoisotopic (exact) mass is 348 g/mol. The van der Waals surface area contributed by atoms with Crippen molar-refractivity contribution in [3.05, 3.63) is 29.8 Å². The summed E-state index contributed by atoms with van der Waals surface area (Å²) in [5.74, 6) is -1.21. The van der Waals surface area contributed by atoms with Gasteiger partial charge in [0.25, 0.3) is 0 Å². The Morgan fingerprint density at radius 3 is 2.80 bits per heavy atom. The second kappa shape index (κ2) is 9.17. The number of hydrogen-bond acceptors (Lipinski definition) is 5. The van der Waals surface area contributed by atoms with Crippen molar-refractivity contribution >= 4 is 23.5 Å². The van der Waals surface area contributed by atoms with E-state index in [2.05, 4.69) is 5.32 Å². The predicted octanol–water partition coefficient (Wildman–Crippen LogP) is 1.69. The topological polar surface area (TPSA) is 84.9 Å². The molecular formula is C18H24N2O5. The van der Waals surface area contributed by atoms with Crippen LogP contribution in [0.25, 0.3) is 0 Å². The van der Waals surface area contributed by atoms with Gasteiger partial charge in [-0.2, -0.15) is 0 Å². The molecule has 25 heavy (non-hydrogen) atoms. The van der Waals surface area contributed by atoms with Gasteiger partial charge in [0.05, 0.1) is 23.8 Å². The largest absolute Gasteiger partial charge is 0.462 e. The summed E-state index contributed by atoms with van der Waals surface area (Å²) in [6.45, 7) is 3.52. The lowest BCUT2D eigenvalue weighted by atomic mass is 10.1. The third-order valence-corrected chi connectivity index (χ3v) is 4.04. The van der Waals surface area contributed by atoms with Crippen molar-refractivity contribution in [1.82, 2.24) is 4.90 Å². The van der Waals surface area contributed by atoms with E-state index < -0.39 is 11.9 Å². The van der Waals surface area contributed by atoms with E-state index in [0.717, 1.165) is 6.42 Å². The summed E-state index contributed by atoms with van der Waals surface area (Å²) < 4.78 is 9.98. The molecule has 1 aromatic carbocycles. The van der Waals surface area contributed by atoms with Gasteiger partial charge in [0.2, 0.25) is 11.8 Å². The number of esters is 1. The molecule has 1 atom stereocenters. The van der Waals surface area contributed by atoms with Crippen molar-refractivity contribution in [3.63, 3.8) is 0 Å². The Kier molecular flexibility index (Phi) is 6.94. The highest BCUT2D eigenvalue weighted by atomic mass is 16.5. The van der Waals surface area contributed by atoms with Crippen LogP contribution in [0.4, 0.5) is 5.69 Å². The summed E-state index contributed by atoms with van der Waals surface area (Å²) in [6.07, 6.45) is 0.919. The van der Waals surface area contributed by atoms with Crippen molar-refractivity contribution < 1.29 is 23.9 Å². The summed E-state index contributed by atoms with van der Waals surface area (Å²) in [6, 6.07) is 6.69. The number of rotatable bonds is 8. The molecule has 0 aliphatic carbocycles. The van der Waals surface area contributed by atoms with E-state index in [0.29, 0.717) is 30.9 Å². The molecule has 7 nitrogen and oxygen atoms in total. The van der Waals surface area contributed by atoms with Crippen LogP contribution in [0.5, 0.6) is 0 Å².